The van der Waals surface area contributed by atoms with E-state index in [0.29, 0.717) is 0 Å². The maximum atomic E-state index is 10.7. The molecular weight excluding hydrogens is 168 g/mol. The Kier molecular flexibility index (Phi) is 4.54. The molecule has 0 N–H and O–H groups in total. The van der Waals surface area contributed by atoms with Gasteiger partial charge >= 0.3 is 5.97 Å². The summed E-state index contributed by atoms with van der Waals surface area (Å²) in [6.07, 6.45) is -0.152. The molecule has 0 bridgehead atoms. The van der Waals surface area contributed by atoms with Gasteiger partial charge in [0.05, 0.1) is 13.0 Å². The highest BCUT2D eigenvalue weighted by atomic mass is 35.5. The Morgan fingerprint density at radius 2 is 2.09 bits per heavy atom. The van der Waals surface area contributed by atoms with Gasteiger partial charge in [-0.15, -0.1) is 0 Å². The van der Waals surface area contributed by atoms with E-state index >= 15 is 0 Å². The van der Waals surface area contributed by atoms with Gasteiger partial charge in [0.25, 0.3) is 0 Å². The SMILES string of the molecule is C=C(Cl)CC(=O)C(=O)OCC. The van der Waals surface area contributed by atoms with Crippen LogP contribution in [0.15, 0.2) is 11.6 Å². The van der Waals surface area contributed by atoms with Crippen molar-refractivity contribution in [1.82, 2.24) is 0 Å². The molecule has 0 atom stereocenters. The normalized spacial score (nSPS) is 8.91. The van der Waals surface area contributed by atoms with Gasteiger partial charge in [-0.05, 0) is 6.92 Å². The van der Waals surface area contributed by atoms with Gasteiger partial charge in [-0.3, -0.25) is 4.79 Å². The summed E-state index contributed by atoms with van der Waals surface area (Å²) in [4.78, 5) is 21.3. The second-order valence-corrected chi connectivity index (χ2v) is 2.37. The second kappa shape index (κ2) is 4.91. The lowest BCUT2D eigenvalue weighted by molar-refractivity contribution is -0.153. The Morgan fingerprint density at radius 3 is 2.45 bits per heavy atom. The summed E-state index contributed by atoms with van der Waals surface area (Å²) >= 11 is 5.29. The van der Waals surface area contributed by atoms with Crippen LogP contribution < -0.4 is 0 Å². The van der Waals surface area contributed by atoms with E-state index in [1.807, 2.05) is 0 Å². The maximum Gasteiger partial charge on any atom is 0.374 e. The number of halogens is 1. The molecule has 11 heavy (non-hydrogen) atoms. The van der Waals surface area contributed by atoms with Crippen LogP contribution in [0.5, 0.6) is 0 Å². The van der Waals surface area contributed by atoms with E-state index in [-0.39, 0.29) is 18.1 Å². The van der Waals surface area contributed by atoms with E-state index in [4.69, 9.17) is 11.6 Å². The Hall–Kier alpha value is -0.830. The van der Waals surface area contributed by atoms with Crippen molar-refractivity contribution < 1.29 is 14.3 Å². The molecule has 0 aliphatic rings. The number of carbonyl (C=O) groups excluding carboxylic acids is 2. The molecule has 0 amide bonds. The third-order valence-corrected chi connectivity index (χ3v) is 0.989. The molecule has 0 aromatic rings. The average molecular weight is 177 g/mol. The molecule has 0 unspecified atom stereocenters. The van der Waals surface area contributed by atoms with E-state index in [1.54, 1.807) is 6.92 Å². The number of allylic oxidation sites excluding steroid dienone is 1. The molecule has 0 aliphatic carbocycles. The molecule has 0 aromatic carbocycles. The van der Waals surface area contributed by atoms with Crippen molar-refractivity contribution in [2.75, 3.05) is 6.61 Å². The first-order valence-corrected chi connectivity index (χ1v) is 3.49. The third kappa shape index (κ3) is 4.56. The minimum Gasteiger partial charge on any atom is -0.460 e. The van der Waals surface area contributed by atoms with Crippen LogP contribution in [0.2, 0.25) is 0 Å². The molecule has 4 heteroatoms. The number of esters is 1. The number of ether oxygens (including phenoxy) is 1. The fraction of sp³-hybridized carbons (Fsp3) is 0.429. The topological polar surface area (TPSA) is 43.4 Å². The predicted octanol–water partition coefficient (Wildman–Crippen LogP) is 1.26. The van der Waals surface area contributed by atoms with Gasteiger partial charge < -0.3 is 4.74 Å². The number of hydrogen-bond donors (Lipinski definition) is 0. The molecule has 0 saturated carbocycles. The minimum atomic E-state index is -0.852. The fourth-order valence-corrected chi connectivity index (χ4v) is 0.579. The zero-order valence-electron chi connectivity index (χ0n) is 6.22. The van der Waals surface area contributed by atoms with Crippen molar-refractivity contribution in [2.45, 2.75) is 13.3 Å². The van der Waals surface area contributed by atoms with Gasteiger partial charge in [0.2, 0.25) is 5.78 Å². The molecular formula is C7H9ClO3. The zero-order chi connectivity index (χ0) is 8.85. The van der Waals surface area contributed by atoms with Gasteiger partial charge in [-0.2, -0.15) is 0 Å². The number of hydrogen-bond acceptors (Lipinski definition) is 3. The molecule has 62 valence electrons. The van der Waals surface area contributed by atoms with Crippen LogP contribution in [-0.2, 0) is 14.3 Å². The van der Waals surface area contributed by atoms with Crippen molar-refractivity contribution >= 4 is 23.4 Å². The van der Waals surface area contributed by atoms with Gasteiger partial charge in [-0.25, -0.2) is 4.79 Å². The highest BCUT2D eigenvalue weighted by molar-refractivity contribution is 6.38. The second-order valence-electron chi connectivity index (χ2n) is 1.84. The summed E-state index contributed by atoms with van der Waals surface area (Å²) < 4.78 is 4.42. The first-order valence-electron chi connectivity index (χ1n) is 3.11. The molecule has 0 radical (unpaired) electrons. The van der Waals surface area contributed by atoms with Gasteiger partial charge in [0.1, 0.15) is 0 Å². The maximum absolute atomic E-state index is 10.7. The average Bonchev–Trinajstić information content (AvgIpc) is 1.86. The van der Waals surface area contributed by atoms with Gasteiger partial charge in [0, 0.05) is 5.03 Å². The molecule has 0 fully saturated rings. The fourth-order valence-electron chi connectivity index (χ4n) is 0.458. The number of carbonyl (C=O) groups is 2. The van der Waals surface area contributed by atoms with Gasteiger partial charge in [0.15, 0.2) is 0 Å². The van der Waals surface area contributed by atoms with Crippen LogP contribution >= 0.6 is 11.6 Å². The lowest BCUT2D eigenvalue weighted by Gasteiger charge is -1.98. The monoisotopic (exact) mass is 176 g/mol. The van der Waals surface area contributed by atoms with Crippen molar-refractivity contribution in [3.05, 3.63) is 11.6 Å². The van der Waals surface area contributed by atoms with Crippen LogP contribution in [0.25, 0.3) is 0 Å². The molecule has 0 saturated heterocycles. The predicted molar refractivity (Wildman–Crippen MR) is 41.3 cm³/mol. The summed E-state index contributed by atoms with van der Waals surface area (Å²) in [5.74, 6) is -1.51. The van der Waals surface area contributed by atoms with Crippen molar-refractivity contribution in [2.24, 2.45) is 0 Å². The quantitative estimate of drug-likeness (QED) is 0.479. The molecule has 0 aromatic heterocycles. The van der Waals surface area contributed by atoms with E-state index in [9.17, 15) is 9.59 Å². The Balaban J connectivity index is 3.83. The van der Waals surface area contributed by atoms with Crippen molar-refractivity contribution in [3.63, 3.8) is 0 Å². The Labute approximate surface area is 70.0 Å². The van der Waals surface area contributed by atoms with Crippen LogP contribution in [-0.4, -0.2) is 18.4 Å². The minimum absolute atomic E-state index is 0.142. The summed E-state index contributed by atoms with van der Waals surface area (Å²) in [6.45, 7) is 5.09. The summed E-state index contributed by atoms with van der Waals surface area (Å²) in [5, 5.41) is 0.142. The Bertz CT molecular complexity index is 186. The highest BCUT2D eigenvalue weighted by Gasteiger charge is 2.14. The number of ketones is 1. The van der Waals surface area contributed by atoms with Crippen LogP contribution in [0.4, 0.5) is 0 Å². The highest BCUT2D eigenvalue weighted by Crippen LogP contribution is 2.04. The number of rotatable bonds is 4. The van der Waals surface area contributed by atoms with Crippen LogP contribution in [0, 0.1) is 0 Å². The largest absolute Gasteiger partial charge is 0.460 e. The smallest absolute Gasteiger partial charge is 0.374 e. The Morgan fingerprint density at radius 1 is 1.55 bits per heavy atom. The van der Waals surface area contributed by atoms with Crippen molar-refractivity contribution in [1.29, 1.82) is 0 Å². The third-order valence-electron chi connectivity index (χ3n) is 0.855. The molecule has 0 rings (SSSR count). The summed E-state index contributed by atoms with van der Waals surface area (Å²) in [6, 6.07) is 0. The zero-order valence-corrected chi connectivity index (χ0v) is 6.98. The van der Waals surface area contributed by atoms with Crippen LogP contribution in [0.1, 0.15) is 13.3 Å². The molecule has 0 aliphatic heterocycles. The van der Waals surface area contributed by atoms with Gasteiger partial charge in [-0.1, -0.05) is 18.2 Å². The van der Waals surface area contributed by atoms with E-state index < -0.39 is 11.8 Å². The summed E-state index contributed by atoms with van der Waals surface area (Å²) in [7, 11) is 0. The van der Waals surface area contributed by atoms with Crippen LogP contribution in [0.3, 0.4) is 0 Å². The number of Topliss-reactive ketones (excluding diaryl/α,β-unsaturated/α-hetero) is 1. The first-order chi connectivity index (χ1) is 5.07. The van der Waals surface area contributed by atoms with Crippen molar-refractivity contribution in [3.8, 4) is 0 Å². The van der Waals surface area contributed by atoms with E-state index in [1.165, 1.54) is 0 Å². The van der Waals surface area contributed by atoms with E-state index in [0.717, 1.165) is 0 Å². The van der Waals surface area contributed by atoms with E-state index in [2.05, 4.69) is 11.3 Å². The molecule has 0 spiro atoms. The first kappa shape index (κ1) is 10.2. The molecule has 3 nitrogen and oxygen atoms in total. The summed E-state index contributed by atoms with van der Waals surface area (Å²) in [5.41, 5.74) is 0. The lowest BCUT2D eigenvalue weighted by Crippen LogP contribution is -2.16. The standard InChI is InChI=1S/C7H9ClO3/c1-3-11-7(10)6(9)4-5(2)8/h2-4H2,1H3. The lowest BCUT2D eigenvalue weighted by atomic mass is 10.3. The molecule has 0 heterocycles.